The zero-order chi connectivity index (χ0) is 20.0. The number of fused-ring (bicyclic) bond motifs is 1. The number of thiophene rings is 1. The smallest absolute Gasteiger partial charge is 0.331 e. The van der Waals surface area contributed by atoms with Crippen molar-refractivity contribution in [3.63, 3.8) is 0 Å². The summed E-state index contributed by atoms with van der Waals surface area (Å²) >= 11 is 1.67. The monoisotopic (exact) mass is 412 g/mol. The summed E-state index contributed by atoms with van der Waals surface area (Å²) in [7, 11) is 0. The molecule has 0 amide bonds. The zero-order valence-electron chi connectivity index (χ0n) is 16.3. The first-order valence-electron chi connectivity index (χ1n) is 10.6. The molecule has 3 aliphatic carbocycles. The molecule has 0 atom stereocenters. The molecule has 3 aliphatic rings. The van der Waals surface area contributed by atoms with Crippen LogP contribution in [0.25, 0.3) is 11.5 Å². The Morgan fingerprint density at radius 1 is 1.03 bits per heavy atom. The lowest BCUT2D eigenvalue weighted by atomic mass is 9.87. The molecule has 0 saturated heterocycles. The van der Waals surface area contributed by atoms with Gasteiger partial charge >= 0.3 is 5.97 Å². The topological polar surface area (TPSA) is 93.3 Å². The number of hydrogen-bond acceptors (Lipinski definition) is 6. The average Bonchev–Trinajstić information content (AvgIpc) is 3.35. The van der Waals surface area contributed by atoms with Gasteiger partial charge in [-0.2, -0.15) is 4.98 Å². The van der Waals surface area contributed by atoms with E-state index in [0.717, 1.165) is 67.6 Å². The minimum absolute atomic E-state index is 0.0659. The summed E-state index contributed by atoms with van der Waals surface area (Å²) in [6.07, 6.45) is 9.48. The van der Waals surface area contributed by atoms with E-state index in [2.05, 4.69) is 10.1 Å². The Labute approximate surface area is 173 Å². The second-order valence-electron chi connectivity index (χ2n) is 8.31. The first kappa shape index (κ1) is 18.7. The molecule has 29 heavy (non-hydrogen) atoms. The standard InChI is InChI=1S/C22H24N2O4S/c25-16(13-5-1-2-6-14(13)22(26)27)11-18-19(15-7-3-4-8-17(15)29-18)21-23-20(24-28-21)12-9-10-12/h12H,1-11H2,(H,26,27). The molecule has 0 radical (unpaired) electrons. The number of aryl methyl sites for hydroxylation is 1. The van der Waals surface area contributed by atoms with Crippen molar-refractivity contribution >= 4 is 23.1 Å². The number of carbonyl (C=O) groups is 2. The number of allylic oxidation sites excluding steroid dienone is 1. The van der Waals surface area contributed by atoms with Gasteiger partial charge in [-0.25, -0.2) is 4.79 Å². The van der Waals surface area contributed by atoms with Crippen molar-refractivity contribution in [3.05, 3.63) is 32.3 Å². The summed E-state index contributed by atoms with van der Waals surface area (Å²) < 4.78 is 5.63. The Balaban J connectivity index is 1.51. The van der Waals surface area contributed by atoms with E-state index in [1.807, 2.05) is 0 Å². The fourth-order valence-electron chi connectivity index (χ4n) is 4.54. The summed E-state index contributed by atoms with van der Waals surface area (Å²) in [5.74, 6) is 0.701. The fourth-order valence-corrected chi connectivity index (χ4v) is 5.93. The van der Waals surface area contributed by atoms with Gasteiger partial charge in [0.05, 0.1) is 5.56 Å². The highest BCUT2D eigenvalue weighted by atomic mass is 32.1. The van der Waals surface area contributed by atoms with E-state index >= 15 is 0 Å². The summed E-state index contributed by atoms with van der Waals surface area (Å²) in [6.45, 7) is 0. The maximum Gasteiger partial charge on any atom is 0.331 e. The second-order valence-corrected chi connectivity index (χ2v) is 9.50. The Hall–Kier alpha value is -2.28. The van der Waals surface area contributed by atoms with Gasteiger partial charge in [0.15, 0.2) is 11.6 Å². The predicted molar refractivity (Wildman–Crippen MR) is 108 cm³/mol. The van der Waals surface area contributed by atoms with Crippen LogP contribution in [0, 0.1) is 0 Å². The third kappa shape index (κ3) is 3.56. The van der Waals surface area contributed by atoms with Crippen molar-refractivity contribution in [1.29, 1.82) is 0 Å². The predicted octanol–water partition coefficient (Wildman–Crippen LogP) is 4.62. The summed E-state index contributed by atoms with van der Waals surface area (Å²) in [6, 6.07) is 0. The number of aliphatic carboxylic acids is 1. The number of nitrogens with zero attached hydrogens (tertiary/aromatic N) is 2. The van der Waals surface area contributed by atoms with Gasteiger partial charge in [-0.3, -0.25) is 4.79 Å². The molecule has 5 rings (SSSR count). The van der Waals surface area contributed by atoms with E-state index in [4.69, 9.17) is 4.52 Å². The Bertz CT molecular complexity index is 1010. The van der Waals surface area contributed by atoms with E-state index in [1.54, 1.807) is 11.3 Å². The van der Waals surface area contributed by atoms with E-state index in [9.17, 15) is 14.7 Å². The number of Topliss-reactive ketones (excluding diaryl/α,β-unsaturated/α-hetero) is 1. The molecule has 0 aromatic carbocycles. The van der Waals surface area contributed by atoms with Crippen LogP contribution in [0.2, 0.25) is 0 Å². The highest BCUT2D eigenvalue weighted by molar-refractivity contribution is 7.12. The molecule has 152 valence electrons. The highest BCUT2D eigenvalue weighted by Crippen LogP contribution is 2.43. The minimum atomic E-state index is -0.954. The van der Waals surface area contributed by atoms with Crippen molar-refractivity contribution < 1.29 is 19.2 Å². The fraction of sp³-hybridized carbons (Fsp3) is 0.545. The van der Waals surface area contributed by atoms with Crippen LogP contribution in [0.4, 0.5) is 0 Å². The molecule has 6 nitrogen and oxygen atoms in total. The average molecular weight is 413 g/mol. The molecule has 0 bridgehead atoms. The van der Waals surface area contributed by atoms with Crippen LogP contribution in [0.3, 0.4) is 0 Å². The van der Waals surface area contributed by atoms with Crippen LogP contribution in [-0.4, -0.2) is 27.0 Å². The minimum Gasteiger partial charge on any atom is -0.478 e. The number of aromatic nitrogens is 2. The van der Waals surface area contributed by atoms with E-state index in [-0.39, 0.29) is 12.2 Å². The van der Waals surface area contributed by atoms with Crippen LogP contribution in [0.5, 0.6) is 0 Å². The van der Waals surface area contributed by atoms with Gasteiger partial charge in [0.1, 0.15) is 0 Å². The Morgan fingerprint density at radius 3 is 2.52 bits per heavy atom. The van der Waals surface area contributed by atoms with Gasteiger partial charge < -0.3 is 9.63 Å². The first-order valence-corrected chi connectivity index (χ1v) is 11.4. The van der Waals surface area contributed by atoms with Crippen LogP contribution >= 0.6 is 11.3 Å². The number of carboxylic acids is 1. The number of ketones is 1. The van der Waals surface area contributed by atoms with Crippen molar-refractivity contribution in [2.24, 2.45) is 0 Å². The molecular formula is C22H24N2O4S. The molecule has 2 aromatic heterocycles. The van der Waals surface area contributed by atoms with E-state index in [0.29, 0.717) is 35.8 Å². The van der Waals surface area contributed by atoms with Crippen LogP contribution in [-0.2, 0) is 28.9 Å². The molecule has 7 heteroatoms. The van der Waals surface area contributed by atoms with Crippen molar-refractivity contribution in [3.8, 4) is 11.5 Å². The molecule has 1 fully saturated rings. The quantitative estimate of drug-likeness (QED) is 0.744. The largest absolute Gasteiger partial charge is 0.478 e. The lowest BCUT2D eigenvalue weighted by molar-refractivity contribution is -0.133. The molecule has 1 saturated carbocycles. The first-order chi connectivity index (χ1) is 14.1. The molecular weight excluding hydrogens is 388 g/mol. The molecule has 2 heterocycles. The number of carbonyl (C=O) groups excluding carboxylic acids is 1. The molecule has 2 aromatic rings. The number of hydrogen-bond donors (Lipinski definition) is 1. The van der Waals surface area contributed by atoms with Gasteiger partial charge in [-0.1, -0.05) is 5.16 Å². The number of carboxylic acid groups (broad SMARTS) is 1. The maximum atomic E-state index is 13.1. The second kappa shape index (κ2) is 7.52. The van der Waals surface area contributed by atoms with Crippen LogP contribution in [0.15, 0.2) is 15.7 Å². The summed E-state index contributed by atoms with van der Waals surface area (Å²) in [5, 5.41) is 13.7. The SMILES string of the molecule is O=C(O)C1=C(C(=O)Cc2sc3c(c2-c2nc(C4CC4)no2)CCCC3)CCCC1. The lowest BCUT2D eigenvalue weighted by Gasteiger charge is -2.16. The maximum absolute atomic E-state index is 13.1. The van der Waals surface area contributed by atoms with Crippen molar-refractivity contribution in [1.82, 2.24) is 10.1 Å². The number of rotatable bonds is 6. The van der Waals surface area contributed by atoms with Gasteiger partial charge in [0.2, 0.25) is 0 Å². The van der Waals surface area contributed by atoms with Gasteiger partial charge in [-0.05, 0) is 69.8 Å². The normalized spacial score (nSPS) is 19.3. The zero-order valence-corrected chi connectivity index (χ0v) is 17.1. The molecule has 0 aliphatic heterocycles. The van der Waals surface area contributed by atoms with Crippen LogP contribution < -0.4 is 0 Å². The summed E-state index contributed by atoms with van der Waals surface area (Å²) in [4.78, 5) is 31.7. The third-order valence-electron chi connectivity index (χ3n) is 6.23. The molecule has 0 spiro atoms. The Morgan fingerprint density at radius 2 is 1.76 bits per heavy atom. The van der Waals surface area contributed by atoms with Crippen molar-refractivity contribution in [2.45, 2.75) is 76.5 Å². The van der Waals surface area contributed by atoms with Crippen LogP contribution in [0.1, 0.15) is 78.4 Å². The van der Waals surface area contributed by atoms with Crippen molar-refractivity contribution in [2.75, 3.05) is 0 Å². The van der Waals surface area contributed by atoms with E-state index in [1.165, 1.54) is 10.4 Å². The lowest BCUT2D eigenvalue weighted by Crippen LogP contribution is -2.17. The van der Waals surface area contributed by atoms with Gasteiger partial charge in [0, 0.05) is 33.2 Å². The Kier molecular flexibility index (Phi) is 4.86. The molecule has 0 unspecified atom stereocenters. The van der Waals surface area contributed by atoms with Gasteiger partial charge in [0.25, 0.3) is 5.89 Å². The molecule has 1 N–H and O–H groups in total. The summed E-state index contributed by atoms with van der Waals surface area (Å²) in [5.41, 5.74) is 3.01. The van der Waals surface area contributed by atoms with Gasteiger partial charge in [-0.15, -0.1) is 11.3 Å². The third-order valence-corrected chi connectivity index (χ3v) is 7.52. The highest BCUT2D eigenvalue weighted by Gasteiger charge is 2.32. The van der Waals surface area contributed by atoms with E-state index < -0.39 is 5.97 Å².